The number of thioether (sulfide) groups is 1. The van der Waals surface area contributed by atoms with Gasteiger partial charge < -0.3 is 10.2 Å². The Hall–Kier alpha value is -1.79. The highest BCUT2D eigenvalue weighted by molar-refractivity contribution is 9.10. The molecule has 2 rings (SSSR count). The van der Waals surface area contributed by atoms with Gasteiger partial charge in [0.05, 0.1) is 5.75 Å². The molecular formula is C24H31BrN2O2S. The molecule has 0 aromatic heterocycles. The lowest BCUT2D eigenvalue weighted by atomic mass is 10.1. The molecule has 2 aromatic rings. The van der Waals surface area contributed by atoms with Gasteiger partial charge in [0.1, 0.15) is 6.04 Å². The summed E-state index contributed by atoms with van der Waals surface area (Å²) in [7, 11) is 0. The third-order valence-corrected chi connectivity index (χ3v) is 6.19. The number of halogens is 1. The van der Waals surface area contributed by atoms with Crippen LogP contribution in [0, 0.1) is 12.8 Å². The van der Waals surface area contributed by atoms with E-state index in [1.165, 1.54) is 11.1 Å². The first kappa shape index (κ1) is 24.5. The van der Waals surface area contributed by atoms with Crippen molar-refractivity contribution in [2.75, 3.05) is 12.3 Å². The van der Waals surface area contributed by atoms with Crippen LogP contribution in [-0.4, -0.2) is 35.1 Å². The molecule has 0 heterocycles. The quantitative estimate of drug-likeness (QED) is 0.498. The number of amides is 2. The monoisotopic (exact) mass is 490 g/mol. The number of hydrogen-bond donors (Lipinski definition) is 1. The summed E-state index contributed by atoms with van der Waals surface area (Å²) in [5.74, 6) is 1.32. The fraction of sp³-hybridized carbons (Fsp3) is 0.417. The van der Waals surface area contributed by atoms with E-state index < -0.39 is 6.04 Å². The van der Waals surface area contributed by atoms with Gasteiger partial charge in [-0.3, -0.25) is 9.59 Å². The van der Waals surface area contributed by atoms with Gasteiger partial charge in [-0.25, -0.2) is 0 Å². The third-order valence-electron chi connectivity index (χ3n) is 4.71. The number of rotatable bonds is 10. The summed E-state index contributed by atoms with van der Waals surface area (Å²) in [6, 6.07) is 15.7. The molecular weight excluding hydrogens is 460 g/mol. The van der Waals surface area contributed by atoms with Gasteiger partial charge >= 0.3 is 0 Å². The first-order chi connectivity index (χ1) is 14.3. The van der Waals surface area contributed by atoms with E-state index in [4.69, 9.17) is 0 Å². The lowest BCUT2D eigenvalue weighted by Crippen LogP contribution is -2.48. The van der Waals surface area contributed by atoms with Crippen molar-refractivity contribution in [3.63, 3.8) is 0 Å². The molecule has 0 radical (unpaired) electrons. The molecule has 1 atom stereocenters. The molecule has 0 spiro atoms. The molecule has 0 unspecified atom stereocenters. The number of hydrogen-bond acceptors (Lipinski definition) is 3. The number of benzene rings is 2. The fourth-order valence-corrected chi connectivity index (χ4v) is 4.21. The Kier molecular flexibility index (Phi) is 9.92. The number of aryl methyl sites for hydroxylation is 1. The van der Waals surface area contributed by atoms with Crippen molar-refractivity contribution in [3.05, 3.63) is 69.7 Å². The van der Waals surface area contributed by atoms with Crippen LogP contribution in [0.2, 0.25) is 0 Å². The summed E-state index contributed by atoms with van der Waals surface area (Å²) in [5.41, 5.74) is 3.41. The second kappa shape index (κ2) is 12.2. The number of carbonyl (C=O) groups excluding carboxylic acids is 2. The molecule has 0 bridgehead atoms. The normalized spacial score (nSPS) is 11.9. The van der Waals surface area contributed by atoms with E-state index in [1.807, 2.05) is 24.3 Å². The molecule has 162 valence electrons. The average molecular weight is 491 g/mol. The van der Waals surface area contributed by atoms with Crippen LogP contribution < -0.4 is 5.32 Å². The molecule has 2 amide bonds. The first-order valence-electron chi connectivity index (χ1n) is 10.2. The van der Waals surface area contributed by atoms with Crippen molar-refractivity contribution < 1.29 is 9.59 Å². The van der Waals surface area contributed by atoms with E-state index in [0.717, 1.165) is 15.8 Å². The molecule has 0 aliphatic carbocycles. The molecule has 30 heavy (non-hydrogen) atoms. The predicted octanol–water partition coefficient (Wildman–Crippen LogP) is 5.18. The second-order valence-electron chi connectivity index (χ2n) is 7.94. The lowest BCUT2D eigenvalue weighted by molar-refractivity contribution is -0.138. The van der Waals surface area contributed by atoms with E-state index in [1.54, 1.807) is 23.6 Å². The van der Waals surface area contributed by atoms with Crippen molar-refractivity contribution >= 4 is 39.5 Å². The Morgan fingerprint density at radius 1 is 1.07 bits per heavy atom. The van der Waals surface area contributed by atoms with Gasteiger partial charge in [0.2, 0.25) is 11.8 Å². The van der Waals surface area contributed by atoms with Crippen molar-refractivity contribution in [2.45, 2.75) is 46.0 Å². The predicted molar refractivity (Wildman–Crippen MR) is 129 cm³/mol. The van der Waals surface area contributed by atoms with E-state index in [-0.39, 0.29) is 11.8 Å². The summed E-state index contributed by atoms with van der Waals surface area (Å²) in [6.45, 7) is 8.97. The number of nitrogens with zero attached hydrogens (tertiary/aromatic N) is 1. The minimum absolute atomic E-state index is 0.0284. The zero-order valence-corrected chi connectivity index (χ0v) is 20.6. The van der Waals surface area contributed by atoms with Crippen LogP contribution in [0.25, 0.3) is 0 Å². The molecule has 0 saturated carbocycles. The number of nitrogens with one attached hydrogen (secondary N) is 1. The summed E-state index contributed by atoms with van der Waals surface area (Å²) in [4.78, 5) is 27.4. The smallest absolute Gasteiger partial charge is 0.242 e. The molecule has 0 aliphatic heterocycles. The fourth-order valence-electron chi connectivity index (χ4n) is 2.89. The maximum absolute atomic E-state index is 13.1. The van der Waals surface area contributed by atoms with Gasteiger partial charge in [0.15, 0.2) is 0 Å². The summed E-state index contributed by atoms with van der Waals surface area (Å²) in [6.07, 6.45) is 0. The Morgan fingerprint density at radius 3 is 2.40 bits per heavy atom. The molecule has 0 aliphatic rings. The van der Waals surface area contributed by atoms with Crippen LogP contribution in [0.15, 0.2) is 53.0 Å². The average Bonchev–Trinajstić information content (AvgIpc) is 2.71. The highest BCUT2D eigenvalue weighted by Crippen LogP contribution is 2.18. The molecule has 0 saturated heterocycles. The highest BCUT2D eigenvalue weighted by Gasteiger charge is 2.26. The van der Waals surface area contributed by atoms with Gasteiger partial charge in [-0.2, -0.15) is 0 Å². The topological polar surface area (TPSA) is 49.4 Å². The van der Waals surface area contributed by atoms with Crippen molar-refractivity contribution in [3.8, 4) is 0 Å². The minimum Gasteiger partial charge on any atom is -0.354 e. The minimum atomic E-state index is -0.532. The zero-order valence-electron chi connectivity index (χ0n) is 18.2. The van der Waals surface area contributed by atoms with Gasteiger partial charge in [0.25, 0.3) is 0 Å². The van der Waals surface area contributed by atoms with E-state index in [0.29, 0.717) is 24.8 Å². The Bertz CT molecular complexity index is 839. The highest BCUT2D eigenvalue weighted by atomic mass is 79.9. The Labute approximate surface area is 192 Å². The maximum Gasteiger partial charge on any atom is 0.242 e. The Balaban J connectivity index is 2.05. The van der Waals surface area contributed by atoms with Crippen LogP contribution in [0.4, 0.5) is 0 Å². The Morgan fingerprint density at radius 2 is 1.77 bits per heavy atom. The maximum atomic E-state index is 13.1. The summed E-state index contributed by atoms with van der Waals surface area (Å²) in [5, 5.41) is 2.95. The number of carbonyl (C=O) groups is 2. The van der Waals surface area contributed by atoms with Crippen molar-refractivity contribution in [2.24, 2.45) is 5.92 Å². The third kappa shape index (κ3) is 8.15. The van der Waals surface area contributed by atoms with Crippen LogP contribution in [-0.2, 0) is 21.9 Å². The SMILES string of the molecule is Cc1ccc(CSCC(=O)N(Cc2cccc(Br)c2)[C@H](C)C(=O)NCC(C)C)cc1. The van der Waals surface area contributed by atoms with Crippen molar-refractivity contribution in [1.82, 2.24) is 10.2 Å². The summed E-state index contributed by atoms with van der Waals surface area (Å²) >= 11 is 5.06. The molecule has 0 fully saturated rings. The van der Waals surface area contributed by atoms with Gasteiger partial charge in [-0.1, -0.05) is 71.7 Å². The van der Waals surface area contributed by atoms with Crippen LogP contribution in [0.1, 0.15) is 37.5 Å². The second-order valence-corrected chi connectivity index (χ2v) is 9.85. The van der Waals surface area contributed by atoms with Gasteiger partial charge in [-0.15, -0.1) is 11.8 Å². The van der Waals surface area contributed by atoms with Crippen molar-refractivity contribution in [1.29, 1.82) is 0 Å². The largest absolute Gasteiger partial charge is 0.354 e. The standard InChI is InChI=1S/C24H31BrN2O2S/c1-17(2)13-26-24(29)19(4)27(14-21-6-5-7-22(25)12-21)23(28)16-30-15-20-10-8-18(3)9-11-20/h5-12,17,19H,13-16H2,1-4H3,(H,26,29)/t19-/m1/s1. The summed E-state index contributed by atoms with van der Waals surface area (Å²) < 4.78 is 0.957. The molecule has 6 heteroatoms. The van der Waals surface area contributed by atoms with Crippen LogP contribution >= 0.6 is 27.7 Å². The van der Waals surface area contributed by atoms with E-state index in [9.17, 15) is 9.59 Å². The zero-order chi connectivity index (χ0) is 22.1. The van der Waals surface area contributed by atoms with E-state index in [2.05, 4.69) is 66.3 Å². The van der Waals surface area contributed by atoms with Gasteiger partial charge in [0, 0.05) is 23.3 Å². The first-order valence-corrected chi connectivity index (χ1v) is 12.2. The lowest BCUT2D eigenvalue weighted by Gasteiger charge is -2.29. The van der Waals surface area contributed by atoms with Crippen LogP contribution in [0.3, 0.4) is 0 Å². The molecule has 2 aromatic carbocycles. The van der Waals surface area contributed by atoms with Crippen LogP contribution in [0.5, 0.6) is 0 Å². The van der Waals surface area contributed by atoms with E-state index >= 15 is 0 Å². The molecule has 1 N–H and O–H groups in total. The van der Waals surface area contributed by atoms with Gasteiger partial charge in [-0.05, 0) is 43.0 Å². The molecule has 4 nitrogen and oxygen atoms in total.